The van der Waals surface area contributed by atoms with E-state index < -0.39 is 20.8 Å². The molecule has 0 atom stereocenters. The van der Waals surface area contributed by atoms with Gasteiger partial charge in [0, 0.05) is 6.07 Å². The van der Waals surface area contributed by atoms with Crippen LogP contribution in [0.25, 0.3) is 0 Å². The van der Waals surface area contributed by atoms with Crippen molar-refractivity contribution in [2.45, 2.75) is 0 Å². The lowest BCUT2D eigenvalue weighted by atomic mass is 10.3. The van der Waals surface area contributed by atoms with Gasteiger partial charge in [0.15, 0.2) is 15.8 Å². The van der Waals surface area contributed by atoms with E-state index in [0.717, 1.165) is 12.1 Å². The Kier molecular flexibility index (Phi) is 3.34. The maximum absolute atomic E-state index is 10.4. The summed E-state index contributed by atoms with van der Waals surface area (Å²) in [7, 11) is 0. The van der Waals surface area contributed by atoms with Crippen LogP contribution in [0.5, 0.6) is 0 Å². The van der Waals surface area contributed by atoms with Crippen LogP contribution in [0.4, 0.5) is 11.4 Å². The van der Waals surface area contributed by atoms with Gasteiger partial charge in [0.1, 0.15) is 5.69 Å². The highest BCUT2D eigenvalue weighted by Gasteiger charge is 2.30. The van der Waals surface area contributed by atoms with Gasteiger partial charge in [-0.15, -0.1) is 5.43 Å². The van der Waals surface area contributed by atoms with Crippen LogP contribution in [0.3, 0.4) is 0 Å². The molecule has 0 bridgehead atoms. The number of nitro groups is 3. The lowest BCUT2D eigenvalue weighted by molar-refractivity contribution is -0.711. The van der Waals surface area contributed by atoms with Crippen LogP contribution in [0, 0.1) is 30.3 Å². The Morgan fingerprint density at radius 1 is 1.06 bits per heavy atom. The van der Waals surface area contributed by atoms with Gasteiger partial charge in [-0.2, -0.15) is 0 Å². The summed E-state index contributed by atoms with van der Waals surface area (Å²) >= 11 is 0. The molecule has 17 heavy (non-hydrogen) atoms. The van der Waals surface area contributed by atoms with E-state index in [1.807, 2.05) is 0 Å². The normalized spacial score (nSPS) is 9.41. The Morgan fingerprint density at radius 3 is 2.12 bits per heavy atom. The highest BCUT2D eigenvalue weighted by Crippen LogP contribution is 2.19. The number of benzene rings is 1. The molecule has 0 spiro atoms. The van der Waals surface area contributed by atoms with Gasteiger partial charge >= 0.3 is 0 Å². The summed E-state index contributed by atoms with van der Waals surface area (Å²) in [4.78, 5) is 31.0. The molecule has 90 valence electrons. The summed E-state index contributed by atoms with van der Waals surface area (Å²) in [5.41, 5.74) is 1.21. The summed E-state index contributed by atoms with van der Waals surface area (Å²) in [6.45, 7) is 0. The zero-order valence-corrected chi connectivity index (χ0v) is 8.05. The number of hydrogen-bond acceptors (Lipinski definition) is 6. The van der Waals surface area contributed by atoms with E-state index in [2.05, 4.69) is 0 Å². The first-order chi connectivity index (χ1) is 7.91. The summed E-state index contributed by atoms with van der Waals surface area (Å²) < 4.78 is 0. The van der Waals surface area contributed by atoms with E-state index in [0.29, 0.717) is 0 Å². The van der Waals surface area contributed by atoms with Gasteiger partial charge in [-0.05, 0) is 12.1 Å². The molecule has 0 fully saturated rings. The van der Waals surface area contributed by atoms with Crippen molar-refractivity contribution in [1.29, 1.82) is 0 Å². The fourth-order valence-corrected chi connectivity index (χ4v) is 1.05. The molecule has 11 nitrogen and oxygen atoms in total. The van der Waals surface area contributed by atoms with Crippen molar-refractivity contribution in [3.8, 4) is 0 Å². The molecular formula is C6H5N5O6. The summed E-state index contributed by atoms with van der Waals surface area (Å²) in [6, 6.07) is 4.44. The van der Waals surface area contributed by atoms with Gasteiger partial charge in [0.2, 0.25) is 10.1 Å². The number of hydrazine groups is 3. The Bertz CT molecular complexity index is 462. The van der Waals surface area contributed by atoms with Crippen LogP contribution in [0.15, 0.2) is 24.3 Å². The third kappa shape index (κ3) is 2.98. The molecule has 0 heterocycles. The number of rotatable bonds is 5. The largest absolute Gasteiger partial charge is 0.235 e. The molecule has 0 aliphatic carbocycles. The zero-order valence-electron chi connectivity index (χ0n) is 8.05. The van der Waals surface area contributed by atoms with E-state index in [4.69, 9.17) is 0 Å². The van der Waals surface area contributed by atoms with E-state index in [9.17, 15) is 30.3 Å². The molecule has 0 aliphatic heterocycles. The lowest BCUT2D eigenvalue weighted by Crippen LogP contribution is -2.35. The maximum atomic E-state index is 10.4. The second kappa shape index (κ2) is 4.69. The molecule has 1 aromatic carbocycles. The highest BCUT2D eigenvalue weighted by atomic mass is 16.8. The van der Waals surface area contributed by atoms with Crippen molar-refractivity contribution in [3.63, 3.8) is 0 Å². The predicted octanol–water partition coefficient (Wildman–Crippen LogP) is 0.480. The highest BCUT2D eigenvalue weighted by molar-refractivity contribution is 5.54. The van der Waals surface area contributed by atoms with Crippen LogP contribution in [0.2, 0.25) is 0 Å². The van der Waals surface area contributed by atoms with Crippen LogP contribution < -0.4 is 10.5 Å². The summed E-state index contributed by atoms with van der Waals surface area (Å²) in [5, 5.41) is 27.2. The van der Waals surface area contributed by atoms with Gasteiger partial charge in [-0.1, -0.05) is 6.07 Å². The second-order valence-electron chi connectivity index (χ2n) is 2.68. The third-order valence-electron chi connectivity index (χ3n) is 1.61. The second-order valence-corrected chi connectivity index (χ2v) is 2.68. The molecule has 0 aromatic heterocycles. The topological polar surface area (TPSA) is 145 Å². The minimum atomic E-state index is -1.24. The van der Waals surface area contributed by atoms with E-state index in [1.165, 1.54) is 12.1 Å². The van der Waals surface area contributed by atoms with Crippen molar-refractivity contribution in [1.82, 2.24) is 0 Å². The fourth-order valence-electron chi connectivity index (χ4n) is 1.05. The first kappa shape index (κ1) is 12.1. The number of nitrogens with zero attached hydrogens (tertiary/aromatic N) is 4. The van der Waals surface area contributed by atoms with Crippen molar-refractivity contribution in [2.75, 3.05) is 10.5 Å². The van der Waals surface area contributed by atoms with Gasteiger partial charge in [-0.25, -0.2) is 30.3 Å². The van der Waals surface area contributed by atoms with Gasteiger partial charge < -0.3 is 0 Å². The Labute approximate surface area is 92.6 Å². The van der Waals surface area contributed by atoms with Crippen LogP contribution >= 0.6 is 0 Å². The van der Waals surface area contributed by atoms with Crippen LogP contribution in [0.1, 0.15) is 0 Å². The van der Waals surface area contributed by atoms with E-state index in [1.54, 1.807) is 5.43 Å². The van der Waals surface area contributed by atoms with Crippen LogP contribution in [-0.4, -0.2) is 15.1 Å². The zero-order chi connectivity index (χ0) is 13.0. The minimum Gasteiger partial charge on any atom is -0.235 e. The average molecular weight is 243 g/mol. The summed E-state index contributed by atoms with van der Waals surface area (Å²) in [6.07, 6.45) is 0. The number of nitrogens with one attached hydrogen (secondary N) is 1. The van der Waals surface area contributed by atoms with Crippen molar-refractivity contribution >= 4 is 11.4 Å². The van der Waals surface area contributed by atoms with Crippen molar-refractivity contribution in [2.24, 2.45) is 0 Å². The minimum absolute atomic E-state index is 0.110. The average Bonchev–Trinajstić information content (AvgIpc) is 2.15. The van der Waals surface area contributed by atoms with Gasteiger partial charge in [-0.3, -0.25) is 0 Å². The standard InChI is InChI=1S/C6H5N5O6/c12-9(13)7-5-2-1-3-6(4-5)8(10(14)15)11(16)17/h1-4,7H. The summed E-state index contributed by atoms with van der Waals surface area (Å²) in [5.74, 6) is 0. The Hall–Kier alpha value is -2.98. The molecular weight excluding hydrogens is 238 g/mol. The third-order valence-corrected chi connectivity index (χ3v) is 1.61. The Balaban J connectivity index is 3.08. The number of anilines is 2. The Morgan fingerprint density at radius 2 is 1.65 bits per heavy atom. The molecule has 0 saturated carbocycles. The molecule has 0 radical (unpaired) electrons. The van der Waals surface area contributed by atoms with Crippen molar-refractivity contribution in [3.05, 3.63) is 54.6 Å². The molecule has 1 aromatic rings. The van der Waals surface area contributed by atoms with E-state index in [-0.39, 0.29) is 10.8 Å². The maximum Gasteiger partial charge on any atom is 0.228 e. The number of hydrogen-bond donors (Lipinski definition) is 1. The van der Waals surface area contributed by atoms with Gasteiger partial charge in [0.05, 0.1) is 0 Å². The van der Waals surface area contributed by atoms with Crippen LogP contribution in [-0.2, 0) is 0 Å². The predicted molar refractivity (Wildman–Crippen MR) is 53.5 cm³/mol. The van der Waals surface area contributed by atoms with E-state index >= 15 is 0 Å². The molecule has 0 saturated heterocycles. The molecule has 1 N–H and O–H groups in total. The molecule has 1 rings (SSSR count). The first-order valence-corrected chi connectivity index (χ1v) is 4.01. The lowest BCUT2D eigenvalue weighted by Gasteiger charge is -2.04. The van der Waals surface area contributed by atoms with Crippen molar-refractivity contribution < 1.29 is 15.1 Å². The smallest absolute Gasteiger partial charge is 0.228 e. The molecule has 0 unspecified atom stereocenters. The fraction of sp³-hybridized carbons (Fsp3) is 0. The SMILES string of the molecule is O=[N+]([O-])Nc1cccc(N([N+](=O)[O-])[N+](=O)[O-])c1. The first-order valence-electron chi connectivity index (χ1n) is 4.01. The molecule has 11 heteroatoms. The molecule has 0 amide bonds. The quantitative estimate of drug-likeness (QED) is 0.580. The van der Waals surface area contributed by atoms with Gasteiger partial charge in [0.25, 0.3) is 0 Å². The monoisotopic (exact) mass is 243 g/mol. The molecule has 0 aliphatic rings.